The lowest BCUT2D eigenvalue weighted by Gasteiger charge is -2.38. The number of aromatic amines is 1. The SMILES string of the molecule is CCOC(=O)C1CC(n2[nH]nnc2=S)CCN1C(=O)OC(C)(C)C. The van der Waals surface area contributed by atoms with Crippen molar-refractivity contribution in [1.29, 1.82) is 0 Å². The highest BCUT2D eigenvalue weighted by Crippen LogP contribution is 2.28. The Morgan fingerprint density at radius 1 is 1.42 bits per heavy atom. The summed E-state index contributed by atoms with van der Waals surface area (Å²) in [5, 5.41) is 10.1. The monoisotopic (exact) mass is 357 g/mol. The summed E-state index contributed by atoms with van der Waals surface area (Å²) >= 11 is 5.11. The van der Waals surface area contributed by atoms with Gasteiger partial charge in [0.15, 0.2) is 0 Å². The summed E-state index contributed by atoms with van der Waals surface area (Å²) in [6.45, 7) is 7.67. The highest BCUT2D eigenvalue weighted by molar-refractivity contribution is 7.71. The van der Waals surface area contributed by atoms with Gasteiger partial charge in [-0.1, -0.05) is 10.3 Å². The fraction of sp³-hybridized carbons (Fsp3) is 0.786. The number of carbonyl (C=O) groups excluding carboxylic acids is 2. The molecule has 0 spiro atoms. The van der Waals surface area contributed by atoms with Crippen LogP contribution in [0.5, 0.6) is 0 Å². The standard InChI is InChI=1S/C14H23N5O4S/c1-5-22-11(20)10-8-9(19-12(24)15-16-17-19)6-7-18(10)13(21)23-14(2,3)4/h9-10H,5-8H2,1-4H3,(H,15,17,24). The molecule has 0 aromatic carbocycles. The number of nitrogens with zero attached hydrogens (tertiary/aromatic N) is 4. The molecule has 1 fully saturated rings. The molecule has 9 nitrogen and oxygen atoms in total. The minimum absolute atomic E-state index is 0.111. The van der Waals surface area contributed by atoms with E-state index < -0.39 is 23.7 Å². The number of hydrogen-bond donors (Lipinski definition) is 1. The molecule has 1 N–H and O–H groups in total. The predicted molar refractivity (Wildman–Crippen MR) is 86.8 cm³/mol. The van der Waals surface area contributed by atoms with E-state index in [-0.39, 0.29) is 12.6 Å². The number of aromatic nitrogens is 4. The topological polar surface area (TPSA) is 102 Å². The van der Waals surface area contributed by atoms with E-state index in [9.17, 15) is 9.59 Å². The summed E-state index contributed by atoms with van der Waals surface area (Å²) in [6, 6.07) is -0.843. The lowest BCUT2D eigenvalue weighted by Crippen LogP contribution is -2.52. The highest BCUT2D eigenvalue weighted by Gasteiger charge is 2.40. The zero-order valence-electron chi connectivity index (χ0n) is 14.3. The minimum Gasteiger partial charge on any atom is -0.464 e. The predicted octanol–water partition coefficient (Wildman–Crippen LogP) is 1.84. The van der Waals surface area contributed by atoms with Gasteiger partial charge in [0.2, 0.25) is 4.77 Å². The van der Waals surface area contributed by atoms with E-state index in [1.807, 2.05) is 0 Å². The number of H-pyrrole nitrogens is 1. The first kappa shape index (κ1) is 18.4. The van der Waals surface area contributed by atoms with Gasteiger partial charge < -0.3 is 9.47 Å². The number of likely N-dealkylation sites (tertiary alicyclic amines) is 1. The molecule has 1 aliphatic rings. The van der Waals surface area contributed by atoms with Crippen molar-refractivity contribution in [2.75, 3.05) is 13.2 Å². The molecule has 24 heavy (non-hydrogen) atoms. The smallest absolute Gasteiger partial charge is 0.411 e. The number of amides is 1. The highest BCUT2D eigenvalue weighted by atomic mass is 32.1. The van der Waals surface area contributed by atoms with Crippen LogP contribution in [0.2, 0.25) is 0 Å². The second-order valence-corrected chi connectivity index (χ2v) is 6.94. The van der Waals surface area contributed by atoms with Crippen LogP contribution >= 0.6 is 12.2 Å². The number of tetrazole rings is 1. The van der Waals surface area contributed by atoms with Gasteiger partial charge in [0.05, 0.1) is 12.6 Å². The molecule has 0 saturated carbocycles. The maximum absolute atomic E-state index is 12.4. The maximum atomic E-state index is 12.4. The molecule has 0 bridgehead atoms. The van der Waals surface area contributed by atoms with E-state index in [2.05, 4.69) is 15.5 Å². The second-order valence-electron chi connectivity index (χ2n) is 6.57. The van der Waals surface area contributed by atoms with E-state index in [1.165, 1.54) is 4.90 Å². The van der Waals surface area contributed by atoms with E-state index in [0.717, 1.165) is 0 Å². The van der Waals surface area contributed by atoms with Crippen LogP contribution in [0.3, 0.4) is 0 Å². The molecular formula is C14H23N5O4S. The van der Waals surface area contributed by atoms with Crippen molar-refractivity contribution in [2.45, 2.75) is 58.2 Å². The van der Waals surface area contributed by atoms with Gasteiger partial charge in [-0.25, -0.2) is 14.3 Å². The van der Waals surface area contributed by atoms with Gasteiger partial charge in [-0.15, -0.1) is 0 Å². The first-order valence-corrected chi connectivity index (χ1v) is 8.29. The Kier molecular flexibility index (Phi) is 5.58. The molecular weight excluding hydrogens is 334 g/mol. The number of hydrogen-bond acceptors (Lipinski definition) is 7. The normalized spacial score (nSPS) is 21.4. The molecule has 2 unspecified atom stereocenters. The summed E-state index contributed by atoms with van der Waals surface area (Å²) < 4.78 is 12.5. The second kappa shape index (κ2) is 7.29. The molecule has 0 aliphatic carbocycles. The fourth-order valence-corrected chi connectivity index (χ4v) is 2.86. The van der Waals surface area contributed by atoms with Gasteiger partial charge in [0.1, 0.15) is 11.6 Å². The zero-order valence-corrected chi connectivity index (χ0v) is 15.1. The summed E-state index contributed by atoms with van der Waals surface area (Å²) in [5.74, 6) is -0.452. The van der Waals surface area contributed by atoms with Crippen molar-refractivity contribution < 1.29 is 19.1 Å². The van der Waals surface area contributed by atoms with Crippen LogP contribution < -0.4 is 0 Å². The number of carbonyl (C=O) groups is 2. The van der Waals surface area contributed by atoms with Crippen LogP contribution in [-0.2, 0) is 14.3 Å². The first-order valence-electron chi connectivity index (χ1n) is 7.88. The Balaban J connectivity index is 2.20. The maximum Gasteiger partial charge on any atom is 0.411 e. The lowest BCUT2D eigenvalue weighted by atomic mass is 9.97. The van der Waals surface area contributed by atoms with Crippen LogP contribution in [-0.4, -0.2) is 62.0 Å². The third-order valence-corrected chi connectivity index (χ3v) is 3.90. The van der Waals surface area contributed by atoms with Gasteiger partial charge in [0.25, 0.3) is 0 Å². The van der Waals surface area contributed by atoms with Crippen molar-refractivity contribution in [1.82, 2.24) is 25.1 Å². The Hall–Kier alpha value is -1.97. The van der Waals surface area contributed by atoms with Gasteiger partial charge in [-0.2, -0.15) is 5.21 Å². The van der Waals surface area contributed by atoms with Crippen molar-refractivity contribution >= 4 is 24.3 Å². The molecule has 1 aromatic rings. The fourth-order valence-electron chi connectivity index (χ4n) is 2.62. The van der Waals surface area contributed by atoms with Gasteiger partial charge in [-0.3, -0.25) is 4.90 Å². The summed E-state index contributed by atoms with van der Waals surface area (Å²) in [4.78, 5) is 26.2. The average molecular weight is 357 g/mol. The Labute approximate surface area is 145 Å². The van der Waals surface area contributed by atoms with Crippen molar-refractivity contribution in [3.05, 3.63) is 4.77 Å². The van der Waals surface area contributed by atoms with E-state index in [1.54, 1.807) is 32.4 Å². The van der Waals surface area contributed by atoms with E-state index in [0.29, 0.717) is 24.2 Å². The molecule has 134 valence electrons. The molecule has 1 saturated heterocycles. The molecule has 0 radical (unpaired) electrons. The zero-order chi connectivity index (χ0) is 17.9. The van der Waals surface area contributed by atoms with Crippen LogP contribution in [0.25, 0.3) is 0 Å². The molecule has 1 amide bonds. The van der Waals surface area contributed by atoms with Gasteiger partial charge in [0, 0.05) is 13.0 Å². The Morgan fingerprint density at radius 2 is 2.12 bits per heavy atom. The largest absolute Gasteiger partial charge is 0.464 e. The third kappa shape index (κ3) is 4.31. The van der Waals surface area contributed by atoms with Gasteiger partial charge in [-0.05, 0) is 46.3 Å². The number of esters is 1. The quantitative estimate of drug-likeness (QED) is 0.650. The van der Waals surface area contributed by atoms with Crippen molar-refractivity contribution in [3.8, 4) is 0 Å². The number of piperidine rings is 1. The summed E-state index contributed by atoms with van der Waals surface area (Å²) in [7, 11) is 0. The number of ether oxygens (including phenoxy) is 2. The van der Waals surface area contributed by atoms with E-state index >= 15 is 0 Å². The lowest BCUT2D eigenvalue weighted by molar-refractivity contribution is -0.151. The number of nitrogens with one attached hydrogen (secondary N) is 1. The van der Waals surface area contributed by atoms with Crippen molar-refractivity contribution in [2.24, 2.45) is 0 Å². The summed E-state index contributed by atoms with van der Waals surface area (Å²) in [6.07, 6.45) is 0.439. The minimum atomic E-state index is -0.733. The molecule has 2 heterocycles. The first-order chi connectivity index (χ1) is 11.2. The molecule has 10 heteroatoms. The molecule has 2 atom stereocenters. The van der Waals surface area contributed by atoms with Crippen LogP contribution in [0, 0.1) is 4.77 Å². The number of rotatable bonds is 3. The molecule has 2 rings (SSSR count). The van der Waals surface area contributed by atoms with Crippen LogP contribution in [0.15, 0.2) is 0 Å². The molecule has 1 aliphatic heterocycles. The van der Waals surface area contributed by atoms with Crippen molar-refractivity contribution in [3.63, 3.8) is 0 Å². The van der Waals surface area contributed by atoms with E-state index in [4.69, 9.17) is 21.7 Å². The van der Waals surface area contributed by atoms with Gasteiger partial charge >= 0.3 is 12.1 Å². The van der Waals surface area contributed by atoms with Crippen LogP contribution in [0.1, 0.15) is 46.6 Å². The average Bonchev–Trinajstić information content (AvgIpc) is 2.91. The van der Waals surface area contributed by atoms with Crippen LogP contribution in [0.4, 0.5) is 4.79 Å². The molecule has 1 aromatic heterocycles. The Bertz CT molecular complexity index is 650. The Morgan fingerprint density at radius 3 is 2.67 bits per heavy atom. The third-order valence-electron chi connectivity index (χ3n) is 3.62. The summed E-state index contributed by atoms with van der Waals surface area (Å²) in [5.41, 5.74) is -0.636.